The van der Waals surface area contributed by atoms with Gasteiger partial charge in [-0.25, -0.2) is 0 Å². The van der Waals surface area contributed by atoms with Crippen LogP contribution in [0.3, 0.4) is 0 Å². The Morgan fingerprint density at radius 3 is 0.983 bits per heavy atom. The van der Waals surface area contributed by atoms with Crippen molar-refractivity contribution in [2.45, 2.75) is 321 Å². The third-order valence-electron chi connectivity index (χ3n) is 12.9. The van der Waals surface area contributed by atoms with Gasteiger partial charge in [0.25, 0.3) is 0 Å². The van der Waals surface area contributed by atoms with Crippen LogP contribution in [0.1, 0.15) is 303 Å². The molecule has 0 aliphatic heterocycles. The maximum Gasteiger partial charge on any atom is 0.220 e. The van der Waals surface area contributed by atoms with Gasteiger partial charge >= 0.3 is 0 Å². The van der Waals surface area contributed by atoms with Crippen molar-refractivity contribution in [3.63, 3.8) is 0 Å². The zero-order chi connectivity index (χ0) is 43.0. The molecule has 0 saturated heterocycles. The molecular weight excluding hydrogens is 727 g/mol. The van der Waals surface area contributed by atoms with Gasteiger partial charge in [0.2, 0.25) is 5.91 Å². The van der Waals surface area contributed by atoms with E-state index < -0.39 is 18.2 Å². The lowest BCUT2D eigenvalue weighted by molar-refractivity contribution is -0.124. The van der Waals surface area contributed by atoms with Gasteiger partial charge in [-0.05, 0) is 38.5 Å². The highest BCUT2D eigenvalue weighted by Crippen LogP contribution is 2.18. The summed E-state index contributed by atoms with van der Waals surface area (Å²) < 4.78 is 0. The van der Waals surface area contributed by atoms with E-state index in [4.69, 9.17) is 0 Å². The normalized spacial score (nSPS) is 13.4. The molecule has 0 aliphatic rings. The molecule has 0 bridgehead atoms. The first-order chi connectivity index (χ1) is 29.1. The molecule has 0 fully saturated rings. The van der Waals surface area contributed by atoms with Crippen LogP contribution >= 0.6 is 0 Å². The summed E-state index contributed by atoms with van der Waals surface area (Å²) in [6.45, 7) is 4.16. The standard InChI is InChI=1S/C54H107NO4/c1-3-5-7-9-11-13-15-16-17-18-19-20-21-22-23-24-25-26-27-28-29-30-31-32-33-34-35-36-37-38-39-41-43-45-47-49-53(58)55-51(50-56)54(59)52(57)48-46-44-42-40-14-12-10-8-6-4-2/h40,42,51-52,54,56-57,59H,3-39,41,43-50H2,1-2H3,(H,55,58)/b42-40+. The first-order valence-electron chi connectivity index (χ1n) is 27.0. The molecule has 5 heteroatoms. The van der Waals surface area contributed by atoms with E-state index in [0.717, 1.165) is 38.5 Å². The number of aliphatic hydroxyl groups excluding tert-OH is 3. The van der Waals surface area contributed by atoms with Gasteiger partial charge < -0.3 is 20.6 Å². The summed E-state index contributed by atoms with van der Waals surface area (Å²) in [5.74, 6) is -0.150. The number of carbonyl (C=O) groups is 1. The van der Waals surface area contributed by atoms with Gasteiger partial charge in [0.05, 0.1) is 18.8 Å². The molecule has 0 saturated carbocycles. The summed E-state index contributed by atoms with van der Waals surface area (Å²) in [6, 6.07) is -0.820. The molecule has 0 aliphatic carbocycles. The Morgan fingerprint density at radius 2 is 0.678 bits per heavy atom. The molecule has 0 aromatic rings. The summed E-state index contributed by atoms with van der Waals surface area (Å²) in [6.07, 6.45) is 61.1. The molecular formula is C54H107NO4. The van der Waals surface area contributed by atoms with E-state index in [1.807, 2.05) is 0 Å². The number of amides is 1. The molecule has 5 nitrogen and oxygen atoms in total. The van der Waals surface area contributed by atoms with Crippen LogP contribution in [0.5, 0.6) is 0 Å². The molecule has 0 spiro atoms. The maximum atomic E-state index is 12.4. The zero-order valence-electron chi connectivity index (χ0n) is 40.2. The minimum Gasteiger partial charge on any atom is -0.394 e. The second kappa shape index (κ2) is 49.7. The van der Waals surface area contributed by atoms with E-state index in [1.165, 1.54) is 238 Å². The van der Waals surface area contributed by atoms with Crippen LogP contribution < -0.4 is 5.32 Å². The average molecular weight is 834 g/mol. The molecule has 4 N–H and O–H groups in total. The highest BCUT2D eigenvalue weighted by atomic mass is 16.3. The van der Waals surface area contributed by atoms with Gasteiger partial charge in [0, 0.05) is 6.42 Å². The Balaban J connectivity index is 3.40. The number of hydrogen-bond donors (Lipinski definition) is 4. The summed E-state index contributed by atoms with van der Waals surface area (Å²) >= 11 is 0. The summed E-state index contributed by atoms with van der Waals surface area (Å²) in [7, 11) is 0. The van der Waals surface area contributed by atoms with Gasteiger partial charge in [-0.15, -0.1) is 0 Å². The molecule has 1 amide bonds. The third kappa shape index (κ3) is 44.9. The minimum absolute atomic E-state index is 0.150. The minimum atomic E-state index is -1.15. The highest BCUT2D eigenvalue weighted by molar-refractivity contribution is 5.76. The van der Waals surface area contributed by atoms with E-state index in [2.05, 4.69) is 31.3 Å². The van der Waals surface area contributed by atoms with Crippen LogP contribution in [0.25, 0.3) is 0 Å². The first-order valence-corrected chi connectivity index (χ1v) is 27.0. The Hall–Kier alpha value is -0.910. The largest absolute Gasteiger partial charge is 0.394 e. The molecule has 0 aromatic carbocycles. The lowest BCUT2D eigenvalue weighted by Gasteiger charge is -2.26. The number of aliphatic hydroxyl groups is 3. The Labute approximate surface area is 369 Å². The first kappa shape index (κ1) is 58.1. The second-order valence-corrected chi connectivity index (χ2v) is 18.8. The van der Waals surface area contributed by atoms with Crippen molar-refractivity contribution in [1.82, 2.24) is 5.32 Å². The third-order valence-corrected chi connectivity index (χ3v) is 12.9. The average Bonchev–Trinajstić information content (AvgIpc) is 3.24. The number of unbranched alkanes of at least 4 members (excludes halogenated alkanes) is 40. The van der Waals surface area contributed by atoms with Crippen molar-refractivity contribution in [2.24, 2.45) is 0 Å². The zero-order valence-corrected chi connectivity index (χ0v) is 40.2. The molecule has 0 rings (SSSR count). The van der Waals surface area contributed by atoms with Gasteiger partial charge in [-0.2, -0.15) is 0 Å². The van der Waals surface area contributed by atoms with Crippen molar-refractivity contribution in [1.29, 1.82) is 0 Å². The molecule has 0 heterocycles. The number of allylic oxidation sites excluding steroid dienone is 2. The fourth-order valence-electron chi connectivity index (χ4n) is 8.70. The van der Waals surface area contributed by atoms with Crippen molar-refractivity contribution in [3.8, 4) is 0 Å². The summed E-state index contributed by atoms with van der Waals surface area (Å²) in [5, 5.41) is 33.4. The van der Waals surface area contributed by atoms with Crippen LogP contribution in [0.4, 0.5) is 0 Å². The predicted octanol–water partition coefficient (Wildman–Crippen LogP) is 16.3. The monoisotopic (exact) mass is 834 g/mol. The fourth-order valence-corrected chi connectivity index (χ4v) is 8.70. The van der Waals surface area contributed by atoms with Crippen LogP contribution in [0.2, 0.25) is 0 Å². The highest BCUT2D eigenvalue weighted by Gasteiger charge is 2.26. The van der Waals surface area contributed by atoms with E-state index in [0.29, 0.717) is 12.8 Å². The lowest BCUT2D eigenvalue weighted by Crippen LogP contribution is -2.50. The molecule has 59 heavy (non-hydrogen) atoms. The SMILES string of the molecule is CCCCCCC/C=C/CCCC(O)C(O)C(CO)NC(=O)CCCCCCCCCCCCCCCCCCCCCCCCCCCCCCCCCCCCC. The Kier molecular flexibility index (Phi) is 49.0. The quantitative estimate of drug-likeness (QED) is 0.0363. The fraction of sp³-hybridized carbons (Fsp3) is 0.944. The van der Waals surface area contributed by atoms with Crippen molar-refractivity contribution >= 4 is 5.91 Å². The van der Waals surface area contributed by atoms with Crippen LogP contribution in [0, 0.1) is 0 Å². The topological polar surface area (TPSA) is 89.8 Å². The molecule has 0 aromatic heterocycles. The van der Waals surface area contributed by atoms with Crippen LogP contribution in [0.15, 0.2) is 12.2 Å². The lowest BCUT2D eigenvalue weighted by atomic mass is 10.0. The number of hydrogen-bond acceptors (Lipinski definition) is 4. The maximum absolute atomic E-state index is 12.4. The van der Waals surface area contributed by atoms with Crippen LogP contribution in [-0.2, 0) is 4.79 Å². The number of carbonyl (C=O) groups excluding carboxylic acids is 1. The predicted molar refractivity (Wildman–Crippen MR) is 259 cm³/mol. The second-order valence-electron chi connectivity index (χ2n) is 18.8. The molecule has 3 atom stereocenters. The van der Waals surface area contributed by atoms with E-state index in [1.54, 1.807) is 0 Å². The molecule has 0 radical (unpaired) electrons. The molecule has 352 valence electrons. The van der Waals surface area contributed by atoms with E-state index >= 15 is 0 Å². The van der Waals surface area contributed by atoms with Gasteiger partial charge in [-0.3, -0.25) is 4.79 Å². The van der Waals surface area contributed by atoms with E-state index in [-0.39, 0.29) is 12.5 Å². The summed E-state index contributed by atoms with van der Waals surface area (Å²) in [4.78, 5) is 12.4. The van der Waals surface area contributed by atoms with Crippen molar-refractivity contribution in [2.75, 3.05) is 6.61 Å². The van der Waals surface area contributed by atoms with Gasteiger partial charge in [0.15, 0.2) is 0 Å². The van der Waals surface area contributed by atoms with Gasteiger partial charge in [-0.1, -0.05) is 270 Å². The Morgan fingerprint density at radius 1 is 0.407 bits per heavy atom. The Bertz CT molecular complexity index is 833. The van der Waals surface area contributed by atoms with Gasteiger partial charge in [0.1, 0.15) is 6.10 Å². The molecule has 3 unspecified atom stereocenters. The number of rotatable bonds is 50. The van der Waals surface area contributed by atoms with Crippen molar-refractivity contribution < 1.29 is 20.1 Å². The van der Waals surface area contributed by atoms with Crippen molar-refractivity contribution in [3.05, 3.63) is 12.2 Å². The van der Waals surface area contributed by atoms with E-state index in [9.17, 15) is 20.1 Å². The number of nitrogens with one attached hydrogen (secondary N) is 1. The summed E-state index contributed by atoms with van der Waals surface area (Å²) in [5.41, 5.74) is 0. The van der Waals surface area contributed by atoms with Crippen LogP contribution in [-0.4, -0.2) is 46.1 Å². The smallest absolute Gasteiger partial charge is 0.220 e.